The van der Waals surface area contributed by atoms with Gasteiger partial charge in [0.05, 0.1) is 19.1 Å². The van der Waals surface area contributed by atoms with Gasteiger partial charge >= 0.3 is 0 Å². The van der Waals surface area contributed by atoms with Crippen LogP contribution in [0.25, 0.3) is 0 Å². The summed E-state index contributed by atoms with van der Waals surface area (Å²) in [6.45, 7) is 0.238. The van der Waals surface area contributed by atoms with Crippen LogP contribution >= 0.6 is 0 Å². The molecule has 3 aromatic carbocycles. The van der Waals surface area contributed by atoms with Gasteiger partial charge < -0.3 is 15.0 Å². The van der Waals surface area contributed by atoms with Crippen molar-refractivity contribution in [2.24, 2.45) is 5.92 Å². The molecule has 170 valence electrons. The molecule has 1 saturated heterocycles. The normalized spacial score (nSPS) is 18.2. The predicted molar refractivity (Wildman–Crippen MR) is 121 cm³/mol. The summed E-state index contributed by atoms with van der Waals surface area (Å²) in [5.74, 6) is -0.973. The number of amides is 2. The molecular formula is C26H24F2N2O3. The molecule has 1 heterocycles. The number of carbonyl (C=O) groups is 2. The average Bonchev–Trinajstić information content (AvgIpc) is 2.84. The van der Waals surface area contributed by atoms with E-state index in [0.29, 0.717) is 23.4 Å². The first kappa shape index (κ1) is 22.5. The minimum Gasteiger partial charge on any atom is -0.497 e. The second-order valence-corrected chi connectivity index (χ2v) is 7.95. The Balaban J connectivity index is 1.65. The topological polar surface area (TPSA) is 58.6 Å². The third-order valence-corrected chi connectivity index (χ3v) is 5.88. The first-order valence-corrected chi connectivity index (χ1v) is 10.7. The van der Waals surface area contributed by atoms with E-state index in [-0.39, 0.29) is 30.6 Å². The maximum Gasteiger partial charge on any atom is 0.227 e. The number of carbonyl (C=O) groups excluding carboxylic acids is 2. The van der Waals surface area contributed by atoms with Gasteiger partial charge in [0.1, 0.15) is 17.4 Å². The lowest BCUT2D eigenvalue weighted by Crippen LogP contribution is -2.48. The number of hydrogen-bond acceptors (Lipinski definition) is 3. The lowest BCUT2D eigenvalue weighted by Gasteiger charge is -2.41. The summed E-state index contributed by atoms with van der Waals surface area (Å²) in [5, 5.41) is 2.91. The molecule has 0 saturated carbocycles. The highest BCUT2D eigenvalue weighted by Gasteiger charge is 2.41. The Kier molecular flexibility index (Phi) is 6.68. The van der Waals surface area contributed by atoms with Crippen molar-refractivity contribution in [2.45, 2.75) is 25.4 Å². The highest BCUT2D eigenvalue weighted by molar-refractivity contribution is 5.97. The van der Waals surface area contributed by atoms with Crippen molar-refractivity contribution in [3.63, 3.8) is 0 Å². The van der Waals surface area contributed by atoms with Crippen LogP contribution in [0.5, 0.6) is 5.75 Å². The Labute approximate surface area is 191 Å². The number of rotatable bonds is 6. The van der Waals surface area contributed by atoms with Gasteiger partial charge in [-0.25, -0.2) is 8.78 Å². The molecule has 0 spiro atoms. The fourth-order valence-corrected chi connectivity index (χ4v) is 4.18. The van der Waals surface area contributed by atoms with Gasteiger partial charge in [0, 0.05) is 18.7 Å². The Hall–Kier alpha value is -3.74. The zero-order chi connectivity index (χ0) is 23.4. The molecule has 1 aliphatic heterocycles. The Morgan fingerprint density at radius 3 is 2.18 bits per heavy atom. The minimum atomic E-state index is -0.603. The number of ether oxygens (including phenoxy) is 1. The molecule has 5 nitrogen and oxygen atoms in total. The summed E-state index contributed by atoms with van der Waals surface area (Å²) >= 11 is 0. The molecule has 1 aliphatic rings. The van der Waals surface area contributed by atoms with Crippen LogP contribution in [0.4, 0.5) is 14.5 Å². The van der Waals surface area contributed by atoms with Gasteiger partial charge in [-0.1, -0.05) is 24.3 Å². The molecule has 7 heteroatoms. The van der Waals surface area contributed by atoms with Gasteiger partial charge in [0.2, 0.25) is 11.8 Å². The second kappa shape index (κ2) is 9.81. The molecule has 0 unspecified atom stereocenters. The van der Waals surface area contributed by atoms with Crippen LogP contribution in [0.15, 0.2) is 72.8 Å². The second-order valence-electron chi connectivity index (χ2n) is 7.95. The summed E-state index contributed by atoms with van der Waals surface area (Å²) in [6, 6.07) is 18.2. The predicted octanol–water partition coefficient (Wildman–Crippen LogP) is 4.77. The number of nitrogens with zero attached hydrogens (tertiary/aromatic N) is 1. The lowest BCUT2D eigenvalue weighted by molar-refractivity contribution is -0.129. The summed E-state index contributed by atoms with van der Waals surface area (Å²) in [7, 11) is 1.56. The van der Waals surface area contributed by atoms with Crippen LogP contribution in [-0.2, 0) is 16.1 Å². The van der Waals surface area contributed by atoms with Crippen LogP contribution in [-0.4, -0.2) is 18.9 Å². The van der Waals surface area contributed by atoms with Crippen molar-refractivity contribution in [1.82, 2.24) is 5.32 Å². The first-order chi connectivity index (χ1) is 16.0. The zero-order valence-corrected chi connectivity index (χ0v) is 18.1. The molecule has 1 fully saturated rings. The van der Waals surface area contributed by atoms with Crippen molar-refractivity contribution in [2.75, 3.05) is 12.0 Å². The molecular weight excluding hydrogens is 426 g/mol. The van der Waals surface area contributed by atoms with E-state index < -0.39 is 17.8 Å². The molecule has 3 aromatic rings. The van der Waals surface area contributed by atoms with E-state index in [9.17, 15) is 18.4 Å². The number of nitrogens with one attached hydrogen (secondary N) is 1. The van der Waals surface area contributed by atoms with E-state index in [4.69, 9.17) is 4.74 Å². The van der Waals surface area contributed by atoms with Gasteiger partial charge in [-0.3, -0.25) is 9.59 Å². The minimum absolute atomic E-state index is 0.114. The Bertz CT molecular complexity index is 1120. The van der Waals surface area contributed by atoms with Crippen LogP contribution in [0.1, 0.15) is 30.0 Å². The van der Waals surface area contributed by atoms with E-state index in [1.165, 1.54) is 24.3 Å². The number of methoxy groups -OCH3 is 1. The van der Waals surface area contributed by atoms with E-state index in [2.05, 4.69) is 5.32 Å². The maximum atomic E-state index is 13.6. The van der Waals surface area contributed by atoms with Crippen LogP contribution in [0, 0.1) is 17.6 Å². The molecule has 2 amide bonds. The van der Waals surface area contributed by atoms with Gasteiger partial charge in [-0.05, 0) is 66.1 Å². The fourth-order valence-electron chi connectivity index (χ4n) is 4.18. The number of piperidine rings is 1. The van der Waals surface area contributed by atoms with E-state index in [1.54, 1.807) is 60.5 Å². The van der Waals surface area contributed by atoms with Crippen molar-refractivity contribution in [3.05, 3.63) is 95.6 Å². The van der Waals surface area contributed by atoms with Crippen LogP contribution in [0.3, 0.4) is 0 Å². The number of anilines is 1. The molecule has 1 N–H and O–H groups in total. The highest BCUT2D eigenvalue weighted by Crippen LogP contribution is 2.40. The number of benzene rings is 3. The summed E-state index contributed by atoms with van der Waals surface area (Å²) < 4.78 is 32.0. The van der Waals surface area contributed by atoms with Crippen LogP contribution in [0.2, 0.25) is 0 Å². The standard InChI is InChI=1S/C26H24F2N2O3/c1-33-22-12-10-21(11-13-22)30-24(31)15-14-23(25(30)18-4-8-20(28)9-5-18)26(32)29-16-17-2-6-19(27)7-3-17/h2-13,23,25H,14-16H2,1H3,(H,29,32)/t23-,25+/m1/s1. The molecule has 4 rings (SSSR count). The van der Waals surface area contributed by atoms with Crippen molar-refractivity contribution >= 4 is 17.5 Å². The maximum absolute atomic E-state index is 13.6. The molecule has 33 heavy (non-hydrogen) atoms. The quantitative estimate of drug-likeness (QED) is 0.588. The molecule has 0 radical (unpaired) electrons. The van der Waals surface area contributed by atoms with Crippen molar-refractivity contribution in [1.29, 1.82) is 0 Å². The summed E-state index contributed by atoms with van der Waals surface area (Å²) in [4.78, 5) is 27.9. The summed E-state index contributed by atoms with van der Waals surface area (Å²) in [5.41, 5.74) is 2.07. The summed E-state index contributed by atoms with van der Waals surface area (Å²) in [6.07, 6.45) is 0.571. The van der Waals surface area contributed by atoms with Gasteiger partial charge in [-0.15, -0.1) is 0 Å². The lowest BCUT2D eigenvalue weighted by atomic mass is 9.83. The third kappa shape index (κ3) is 5.03. The molecule has 0 aliphatic carbocycles. The third-order valence-electron chi connectivity index (χ3n) is 5.88. The first-order valence-electron chi connectivity index (χ1n) is 10.7. The van der Waals surface area contributed by atoms with E-state index in [0.717, 1.165) is 5.56 Å². The molecule has 2 atom stereocenters. The Morgan fingerprint density at radius 2 is 1.58 bits per heavy atom. The highest BCUT2D eigenvalue weighted by atomic mass is 19.1. The van der Waals surface area contributed by atoms with Crippen molar-refractivity contribution in [3.8, 4) is 5.75 Å². The van der Waals surface area contributed by atoms with Crippen molar-refractivity contribution < 1.29 is 23.1 Å². The number of hydrogen-bond donors (Lipinski definition) is 1. The molecule has 0 bridgehead atoms. The van der Waals surface area contributed by atoms with Gasteiger partial charge in [-0.2, -0.15) is 0 Å². The van der Waals surface area contributed by atoms with Gasteiger partial charge in [0.15, 0.2) is 0 Å². The fraction of sp³-hybridized carbons (Fsp3) is 0.231. The van der Waals surface area contributed by atoms with Crippen LogP contribution < -0.4 is 15.0 Å². The van der Waals surface area contributed by atoms with Gasteiger partial charge in [0.25, 0.3) is 0 Å². The zero-order valence-electron chi connectivity index (χ0n) is 18.1. The van der Waals surface area contributed by atoms with E-state index in [1.807, 2.05) is 0 Å². The Morgan fingerprint density at radius 1 is 0.970 bits per heavy atom. The van der Waals surface area contributed by atoms with E-state index >= 15 is 0 Å². The SMILES string of the molecule is COc1ccc(N2C(=O)CC[C@@H](C(=O)NCc3ccc(F)cc3)[C@@H]2c2ccc(F)cc2)cc1. The average molecular weight is 450 g/mol. The largest absolute Gasteiger partial charge is 0.497 e. The smallest absolute Gasteiger partial charge is 0.227 e. The number of halogens is 2. The molecule has 0 aromatic heterocycles. The monoisotopic (exact) mass is 450 g/mol.